The normalized spacial score (nSPS) is 13.0. The molecule has 0 aromatic heterocycles. The first kappa shape index (κ1) is 28.9. The summed E-state index contributed by atoms with van der Waals surface area (Å²) in [6.07, 6.45) is 12.3. The van der Waals surface area contributed by atoms with Crippen LogP contribution in [0.3, 0.4) is 0 Å². The molecule has 0 bridgehead atoms. The van der Waals surface area contributed by atoms with Gasteiger partial charge in [-0.15, -0.1) is 0 Å². The minimum atomic E-state index is -2.10. The van der Waals surface area contributed by atoms with E-state index in [4.69, 9.17) is 4.74 Å². The fourth-order valence-electron chi connectivity index (χ4n) is 4.42. The molecule has 0 N–H and O–H groups in total. The fourth-order valence-corrected chi connectivity index (χ4v) is 4.42. The van der Waals surface area contributed by atoms with Crippen molar-refractivity contribution < 1.29 is 26.7 Å². The topological polar surface area (TPSA) is 9.23 Å². The van der Waals surface area contributed by atoms with Crippen LogP contribution in [0.2, 0.25) is 0 Å². The number of rotatable bonds is 17. The number of halogens is 5. The van der Waals surface area contributed by atoms with Gasteiger partial charge in [-0.25, -0.2) is 22.0 Å². The van der Waals surface area contributed by atoms with Crippen LogP contribution in [0.5, 0.6) is 0 Å². The minimum Gasteiger partial charge on any atom is -0.376 e. The second kappa shape index (κ2) is 14.9. The molecule has 0 saturated carbocycles. The van der Waals surface area contributed by atoms with Crippen LogP contribution in [-0.2, 0) is 11.2 Å². The van der Waals surface area contributed by atoms with E-state index in [1.807, 2.05) is 6.92 Å². The second-order valence-electron chi connectivity index (χ2n) is 9.29. The Hall–Kier alpha value is -1.17. The summed E-state index contributed by atoms with van der Waals surface area (Å²) in [6.45, 7) is 9.16. The Morgan fingerprint density at radius 2 is 1.06 bits per heavy atom. The van der Waals surface area contributed by atoms with Gasteiger partial charge >= 0.3 is 0 Å². The van der Waals surface area contributed by atoms with Gasteiger partial charge in [-0.3, -0.25) is 0 Å². The molecule has 0 heterocycles. The molecule has 1 aromatic carbocycles. The summed E-state index contributed by atoms with van der Waals surface area (Å²) in [4.78, 5) is 0. The highest BCUT2D eigenvalue weighted by molar-refractivity contribution is 5.24. The highest BCUT2D eigenvalue weighted by Crippen LogP contribution is 2.32. The number of hydrogen-bond acceptors (Lipinski definition) is 1. The Labute approximate surface area is 191 Å². The molecule has 0 fully saturated rings. The molecular weight excluding hydrogens is 423 g/mol. The molecule has 1 rings (SSSR count). The third-order valence-corrected chi connectivity index (χ3v) is 6.44. The van der Waals surface area contributed by atoms with Gasteiger partial charge in [-0.2, -0.15) is 0 Å². The maximum Gasteiger partial charge on any atom is 0.200 e. The van der Waals surface area contributed by atoms with Crippen LogP contribution >= 0.6 is 0 Å². The first-order chi connectivity index (χ1) is 15.2. The van der Waals surface area contributed by atoms with E-state index in [1.54, 1.807) is 0 Å². The van der Waals surface area contributed by atoms with Gasteiger partial charge in [0.25, 0.3) is 0 Å². The Kier molecular flexibility index (Phi) is 13.4. The Morgan fingerprint density at radius 3 is 1.56 bits per heavy atom. The number of ether oxygens (including phenoxy) is 1. The minimum absolute atomic E-state index is 0.155. The van der Waals surface area contributed by atoms with E-state index >= 15 is 0 Å². The lowest BCUT2D eigenvalue weighted by atomic mass is 9.82. The lowest BCUT2D eigenvalue weighted by molar-refractivity contribution is -0.0605. The molecule has 0 aliphatic heterocycles. The monoisotopic (exact) mass is 464 g/mol. The van der Waals surface area contributed by atoms with Crippen molar-refractivity contribution in [3.05, 3.63) is 34.6 Å². The number of hydrogen-bond donors (Lipinski definition) is 0. The van der Waals surface area contributed by atoms with Gasteiger partial charge in [-0.05, 0) is 52.4 Å². The first-order valence-corrected chi connectivity index (χ1v) is 12.3. The summed E-state index contributed by atoms with van der Waals surface area (Å²) in [5.41, 5.74) is -0.909. The lowest BCUT2D eigenvalue weighted by Crippen LogP contribution is -2.34. The summed E-state index contributed by atoms with van der Waals surface area (Å²) >= 11 is 0. The molecule has 0 saturated heterocycles. The molecule has 0 aliphatic rings. The quantitative estimate of drug-likeness (QED) is 0.0967. The van der Waals surface area contributed by atoms with E-state index < -0.39 is 34.6 Å². The first-order valence-electron chi connectivity index (χ1n) is 12.3. The summed E-state index contributed by atoms with van der Waals surface area (Å²) < 4.78 is 73.3. The van der Waals surface area contributed by atoms with Crippen LogP contribution in [-0.4, -0.2) is 12.2 Å². The zero-order valence-corrected chi connectivity index (χ0v) is 20.3. The summed E-state index contributed by atoms with van der Waals surface area (Å²) in [5.74, 6) is -8.82. The van der Waals surface area contributed by atoms with Crippen molar-refractivity contribution in [3.63, 3.8) is 0 Å². The van der Waals surface area contributed by atoms with Gasteiger partial charge < -0.3 is 4.74 Å². The van der Waals surface area contributed by atoms with Crippen molar-refractivity contribution in [2.24, 2.45) is 5.92 Å². The van der Waals surface area contributed by atoms with Gasteiger partial charge in [0.15, 0.2) is 23.3 Å². The van der Waals surface area contributed by atoms with E-state index in [0.29, 0.717) is 25.4 Å². The van der Waals surface area contributed by atoms with Crippen LogP contribution in [0.15, 0.2) is 0 Å². The molecule has 0 spiro atoms. The molecule has 0 radical (unpaired) electrons. The molecule has 32 heavy (non-hydrogen) atoms. The molecule has 186 valence electrons. The molecule has 1 unspecified atom stereocenters. The predicted molar refractivity (Wildman–Crippen MR) is 120 cm³/mol. The molecule has 1 nitrogen and oxygen atoms in total. The second-order valence-corrected chi connectivity index (χ2v) is 9.29. The lowest BCUT2D eigenvalue weighted by Gasteiger charge is -2.34. The number of unbranched alkanes of at least 4 members (excludes halogenated alkanes) is 8. The maximum atomic E-state index is 13.8. The number of benzene rings is 1. The molecule has 0 amide bonds. The van der Waals surface area contributed by atoms with Crippen LogP contribution in [0.1, 0.15) is 110 Å². The molecular formula is C26H41F5O. The van der Waals surface area contributed by atoms with Crippen LogP contribution < -0.4 is 0 Å². The summed E-state index contributed by atoms with van der Waals surface area (Å²) in [6, 6.07) is 0. The van der Waals surface area contributed by atoms with Crippen LogP contribution in [0.4, 0.5) is 22.0 Å². The van der Waals surface area contributed by atoms with Crippen molar-refractivity contribution in [1.29, 1.82) is 0 Å². The van der Waals surface area contributed by atoms with Crippen LogP contribution in [0, 0.1) is 35.0 Å². The van der Waals surface area contributed by atoms with Crippen LogP contribution in [0.25, 0.3) is 0 Å². The van der Waals surface area contributed by atoms with Crippen molar-refractivity contribution in [1.82, 2.24) is 0 Å². The SMILES string of the molecule is CCCCCCCCC(CCCCCCc1c(F)c(F)c(F)c(F)c1F)C(C)(C)OCC. The highest BCUT2D eigenvalue weighted by atomic mass is 19.2. The third kappa shape index (κ3) is 8.99. The van der Waals surface area contributed by atoms with Crippen molar-refractivity contribution in [3.8, 4) is 0 Å². The van der Waals surface area contributed by atoms with Gasteiger partial charge in [-0.1, -0.05) is 64.7 Å². The van der Waals surface area contributed by atoms with Gasteiger partial charge in [0.1, 0.15) is 0 Å². The average Bonchev–Trinajstić information content (AvgIpc) is 2.75. The Balaban J connectivity index is 2.47. The van der Waals surface area contributed by atoms with E-state index in [0.717, 1.165) is 25.7 Å². The highest BCUT2D eigenvalue weighted by Gasteiger charge is 2.29. The predicted octanol–water partition coefficient (Wildman–Crippen LogP) is 9.06. The maximum absolute atomic E-state index is 13.8. The summed E-state index contributed by atoms with van der Waals surface area (Å²) in [5, 5.41) is 0. The smallest absolute Gasteiger partial charge is 0.200 e. The van der Waals surface area contributed by atoms with E-state index in [1.165, 1.54) is 38.5 Å². The Bertz CT molecular complexity index is 646. The van der Waals surface area contributed by atoms with Gasteiger partial charge in [0.05, 0.1) is 5.60 Å². The summed E-state index contributed by atoms with van der Waals surface area (Å²) in [7, 11) is 0. The third-order valence-electron chi connectivity index (χ3n) is 6.44. The van der Waals surface area contributed by atoms with E-state index in [2.05, 4.69) is 20.8 Å². The van der Waals surface area contributed by atoms with Gasteiger partial charge in [0.2, 0.25) is 5.82 Å². The zero-order valence-electron chi connectivity index (χ0n) is 20.3. The van der Waals surface area contributed by atoms with E-state index in [9.17, 15) is 22.0 Å². The van der Waals surface area contributed by atoms with Crippen molar-refractivity contribution in [2.45, 2.75) is 117 Å². The average molecular weight is 465 g/mol. The van der Waals surface area contributed by atoms with Crippen molar-refractivity contribution >= 4 is 0 Å². The molecule has 0 aliphatic carbocycles. The largest absolute Gasteiger partial charge is 0.376 e. The molecule has 1 atom stereocenters. The molecule has 1 aromatic rings. The zero-order chi connectivity index (χ0) is 24.1. The Morgan fingerprint density at radius 1 is 0.625 bits per heavy atom. The van der Waals surface area contributed by atoms with Crippen molar-refractivity contribution in [2.75, 3.05) is 6.61 Å². The van der Waals surface area contributed by atoms with Gasteiger partial charge in [0, 0.05) is 12.2 Å². The van der Waals surface area contributed by atoms with E-state index in [-0.39, 0.29) is 12.0 Å². The fraction of sp³-hybridized carbons (Fsp3) is 0.769. The molecule has 6 heteroatoms. The standard InChI is InChI=1S/C26H41F5O/c1-5-7-8-9-10-13-16-19(26(3,4)32-6-2)17-14-11-12-15-18-20-21(27)23(29)25(31)24(30)22(20)28/h19H,5-18H2,1-4H3.